The van der Waals surface area contributed by atoms with E-state index >= 15 is 0 Å². The van der Waals surface area contributed by atoms with Crippen LogP contribution >= 0.6 is 0 Å². The van der Waals surface area contributed by atoms with Crippen LogP contribution in [0.15, 0.2) is 18.2 Å². The van der Waals surface area contributed by atoms with Crippen molar-refractivity contribution in [3.8, 4) is 0 Å². The third-order valence-corrected chi connectivity index (χ3v) is 2.91. The molecular weight excluding hydrogens is 228 g/mol. The average molecular weight is 250 g/mol. The first-order valence-electron chi connectivity index (χ1n) is 6.20. The van der Waals surface area contributed by atoms with Gasteiger partial charge in [-0.1, -0.05) is 6.07 Å². The van der Waals surface area contributed by atoms with Gasteiger partial charge in [0, 0.05) is 32.9 Å². The van der Waals surface area contributed by atoms with Crippen LogP contribution in [0, 0.1) is 6.92 Å². The second kappa shape index (κ2) is 7.01. The molecule has 0 atom stereocenters. The third kappa shape index (κ3) is 3.47. The maximum absolute atomic E-state index is 12.4. The van der Waals surface area contributed by atoms with Crippen LogP contribution < -0.4 is 5.32 Å². The van der Waals surface area contributed by atoms with Crippen molar-refractivity contribution in [3.05, 3.63) is 29.3 Å². The lowest BCUT2D eigenvalue weighted by Gasteiger charge is -2.22. The Hall–Kier alpha value is -1.55. The van der Waals surface area contributed by atoms with Gasteiger partial charge < -0.3 is 15.0 Å². The fourth-order valence-electron chi connectivity index (χ4n) is 1.83. The molecule has 0 saturated carbocycles. The van der Waals surface area contributed by atoms with Crippen molar-refractivity contribution in [3.63, 3.8) is 0 Å². The van der Waals surface area contributed by atoms with Gasteiger partial charge >= 0.3 is 0 Å². The van der Waals surface area contributed by atoms with Crippen molar-refractivity contribution in [1.82, 2.24) is 4.90 Å². The molecule has 0 unspecified atom stereocenters. The monoisotopic (exact) mass is 250 g/mol. The first-order valence-corrected chi connectivity index (χ1v) is 6.20. The number of rotatable bonds is 6. The van der Waals surface area contributed by atoms with Crippen LogP contribution in [0.3, 0.4) is 0 Å². The van der Waals surface area contributed by atoms with Gasteiger partial charge in [0.05, 0.1) is 12.2 Å². The number of anilines is 1. The minimum atomic E-state index is 0.0406. The Balaban J connectivity index is 2.93. The van der Waals surface area contributed by atoms with Crippen molar-refractivity contribution in [2.75, 3.05) is 39.2 Å². The van der Waals surface area contributed by atoms with E-state index in [4.69, 9.17) is 4.74 Å². The Kier molecular flexibility index (Phi) is 5.65. The van der Waals surface area contributed by atoms with Crippen molar-refractivity contribution in [2.45, 2.75) is 13.8 Å². The van der Waals surface area contributed by atoms with Crippen LogP contribution in [0.25, 0.3) is 0 Å². The summed E-state index contributed by atoms with van der Waals surface area (Å²) in [5.74, 6) is 0.0406. The lowest BCUT2D eigenvalue weighted by Crippen LogP contribution is -2.34. The topological polar surface area (TPSA) is 41.6 Å². The van der Waals surface area contributed by atoms with Gasteiger partial charge in [0.1, 0.15) is 0 Å². The summed E-state index contributed by atoms with van der Waals surface area (Å²) in [7, 11) is 3.47. The van der Waals surface area contributed by atoms with E-state index in [1.807, 2.05) is 39.1 Å². The van der Waals surface area contributed by atoms with Gasteiger partial charge in [0.15, 0.2) is 0 Å². The van der Waals surface area contributed by atoms with E-state index < -0.39 is 0 Å². The SMILES string of the molecule is CCN(CCOC)C(=O)c1ccc(C)cc1NC. The first-order chi connectivity index (χ1) is 8.63. The highest BCUT2D eigenvalue weighted by Crippen LogP contribution is 2.18. The molecule has 0 saturated heterocycles. The number of carbonyl (C=O) groups is 1. The number of aryl methyl sites for hydroxylation is 1. The van der Waals surface area contributed by atoms with Gasteiger partial charge in [-0.25, -0.2) is 0 Å². The number of carbonyl (C=O) groups excluding carboxylic acids is 1. The van der Waals surface area contributed by atoms with E-state index in [9.17, 15) is 4.79 Å². The van der Waals surface area contributed by atoms with Crippen LogP contribution in [-0.4, -0.2) is 44.7 Å². The predicted octanol–water partition coefficient (Wildman–Crippen LogP) is 2.15. The second-order valence-corrected chi connectivity index (χ2v) is 4.18. The highest BCUT2D eigenvalue weighted by atomic mass is 16.5. The number of methoxy groups -OCH3 is 1. The Bertz CT molecular complexity index is 405. The smallest absolute Gasteiger partial charge is 0.256 e. The Morgan fingerprint density at radius 3 is 2.72 bits per heavy atom. The summed E-state index contributed by atoms with van der Waals surface area (Å²) in [6, 6.07) is 5.81. The molecule has 0 heterocycles. The molecule has 0 aromatic heterocycles. The number of likely N-dealkylation sites (N-methyl/N-ethyl adjacent to an activating group) is 1. The predicted molar refractivity (Wildman–Crippen MR) is 74.2 cm³/mol. The molecule has 4 heteroatoms. The van der Waals surface area contributed by atoms with E-state index in [2.05, 4.69) is 5.32 Å². The van der Waals surface area contributed by atoms with Gasteiger partial charge in [-0.3, -0.25) is 4.79 Å². The van der Waals surface area contributed by atoms with E-state index in [0.717, 1.165) is 11.3 Å². The summed E-state index contributed by atoms with van der Waals surface area (Å²) in [5, 5.41) is 3.07. The number of amides is 1. The zero-order valence-electron chi connectivity index (χ0n) is 11.6. The van der Waals surface area contributed by atoms with E-state index in [-0.39, 0.29) is 5.91 Å². The van der Waals surface area contributed by atoms with E-state index in [1.54, 1.807) is 12.0 Å². The van der Waals surface area contributed by atoms with Gasteiger partial charge in [-0.2, -0.15) is 0 Å². The molecule has 1 aromatic rings. The van der Waals surface area contributed by atoms with Gasteiger partial charge in [0.25, 0.3) is 5.91 Å². The number of hydrogen-bond donors (Lipinski definition) is 1. The van der Waals surface area contributed by atoms with Crippen LogP contribution in [-0.2, 0) is 4.74 Å². The molecule has 100 valence electrons. The standard InChI is InChI=1S/C14H22N2O2/c1-5-16(8-9-18-4)14(17)12-7-6-11(2)10-13(12)15-3/h6-7,10,15H,5,8-9H2,1-4H3. The largest absolute Gasteiger partial charge is 0.387 e. The van der Waals surface area contributed by atoms with E-state index in [1.165, 1.54) is 0 Å². The summed E-state index contributed by atoms with van der Waals surface area (Å²) >= 11 is 0. The highest BCUT2D eigenvalue weighted by Gasteiger charge is 2.16. The minimum Gasteiger partial charge on any atom is -0.387 e. The Morgan fingerprint density at radius 2 is 2.17 bits per heavy atom. The third-order valence-electron chi connectivity index (χ3n) is 2.91. The van der Waals surface area contributed by atoms with Crippen molar-refractivity contribution >= 4 is 11.6 Å². The quantitative estimate of drug-likeness (QED) is 0.841. The number of benzene rings is 1. The minimum absolute atomic E-state index is 0.0406. The normalized spacial score (nSPS) is 10.2. The molecule has 0 aliphatic heterocycles. The van der Waals surface area contributed by atoms with Crippen LogP contribution in [0.5, 0.6) is 0 Å². The van der Waals surface area contributed by atoms with Gasteiger partial charge in [-0.05, 0) is 31.5 Å². The number of ether oxygens (including phenoxy) is 1. The molecule has 1 rings (SSSR count). The molecule has 1 amide bonds. The lowest BCUT2D eigenvalue weighted by atomic mass is 10.1. The number of nitrogens with one attached hydrogen (secondary N) is 1. The summed E-state index contributed by atoms with van der Waals surface area (Å²) in [4.78, 5) is 14.2. The van der Waals surface area contributed by atoms with Crippen molar-refractivity contribution in [1.29, 1.82) is 0 Å². The zero-order chi connectivity index (χ0) is 13.5. The highest BCUT2D eigenvalue weighted by molar-refractivity contribution is 5.99. The molecule has 1 aromatic carbocycles. The van der Waals surface area contributed by atoms with Crippen LogP contribution in [0.1, 0.15) is 22.8 Å². The zero-order valence-corrected chi connectivity index (χ0v) is 11.6. The molecule has 0 aliphatic rings. The van der Waals surface area contributed by atoms with Gasteiger partial charge in [0.2, 0.25) is 0 Å². The number of hydrogen-bond acceptors (Lipinski definition) is 3. The molecule has 0 fully saturated rings. The number of nitrogens with zero attached hydrogens (tertiary/aromatic N) is 1. The molecule has 4 nitrogen and oxygen atoms in total. The molecule has 0 bridgehead atoms. The Morgan fingerprint density at radius 1 is 1.44 bits per heavy atom. The molecule has 1 N–H and O–H groups in total. The maximum Gasteiger partial charge on any atom is 0.256 e. The fraction of sp³-hybridized carbons (Fsp3) is 0.500. The van der Waals surface area contributed by atoms with E-state index in [0.29, 0.717) is 25.3 Å². The lowest BCUT2D eigenvalue weighted by molar-refractivity contribution is 0.0707. The fourth-order valence-corrected chi connectivity index (χ4v) is 1.83. The summed E-state index contributed by atoms with van der Waals surface area (Å²) in [6.45, 7) is 5.83. The summed E-state index contributed by atoms with van der Waals surface area (Å²) in [6.07, 6.45) is 0. The molecule has 0 aliphatic carbocycles. The maximum atomic E-state index is 12.4. The van der Waals surface area contributed by atoms with Crippen LogP contribution in [0.2, 0.25) is 0 Å². The van der Waals surface area contributed by atoms with Crippen molar-refractivity contribution in [2.24, 2.45) is 0 Å². The summed E-state index contributed by atoms with van der Waals surface area (Å²) in [5.41, 5.74) is 2.72. The van der Waals surface area contributed by atoms with Crippen LogP contribution in [0.4, 0.5) is 5.69 Å². The van der Waals surface area contributed by atoms with Gasteiger partial charge in [-0.15, -0.1) is 0 Å². The molecule has 0 spiro atoms. The van der Waals surface area contributed by atoms with Crippen molar-refractivity contribution < 1.29 is 9.53 Å². The second-order valence-electron chi connectivity index (χ2n) is 4.18. The first kappa shape index (κ1) is 14.5. The summed E-state index contributed by atoms with van der Waals surface area (Å²) < 4.78 is 5.03. The molecule has 0 radical (unpaired) electrons. The Labute approximate surface area is 109 Å². The average Bonchev–Trinajstić information content (AvgIpc) is 2.39. The molecular formula is C14H22N2O2. The molecule has 18 heavy (non-hydrogen) atoms.